The van der Waals surface area contributed by atoms with Crippen LogP contribution in [0.2, 0.25) is 0 Å². The summed E-state index contributed by atoms with van der Waals surface area (Å²) in [7, 11) is 4.02. The van der Waals surface area contributed by atoms with Gasteiger partial charge in [-0.3, -0.25) is 10.1 Å². The van der Waals surface area contributed by atoms with Gasteiger partial charge in [0.05, 0.1) is 6.20 Å². The van der Waals surface area contributed by atoms with E-state index in [9.17, 15) is 4.79 Å². The third-order valence-corrected chi connectivity index (χ3v) is 5.63. The molecule has 0 unspecified atom stereocenters. The van der Waals surface area contributed by atoms with Crippen molar-refractivity contribution in [1.82, 2.24) is 30.2 Å². The zero-order chi connectivity index (χ0) is 23.8. The highest BCUT2D eigenvalue weighted by atomic mass is 32.1. The Balaban J connectivity index is 2.14. The molecule has 2 heterocycles. The van der Waals surface area contributed by atoms with E-state index < -0.39 is 0 Å². The summed E-state index contributed by atoms with van der Waals surface area (Å²) in [5, 5.41) is 9.82. The van der Waals surface area contributed by atoms with Crippen molar-refractivity contribution in [2.24, 2.45) is 5.92 Å². The minimum absolute atomic E-state index is 0.218. The fraction of sp³-hybridized carbons (Fsp3) is 0.500. The van der Waals surface area contributed by atoms with Gasteiger partial charge in [-0.15, -0.1) is 0 Å². The van der Waals surface area contributed by atoms with Crippen molar-refractivity contribution in [1.29, 1.82) is 0 Å². The van der Waals surface area contributed by atoms with Gasteiger partial charge in [0.2, 0.25) is 11.9 Å². The maximum absolute atomic E-state index is 12.8. The molecule has 10 heteroatoms. The van der Waals surface area contributed by atoms with Crippen molar-refractivity contribution in [3.05, 3.63) is 40.3 Å². The molecular formula is C22H34N8OS. The standard InChI is InChI=1S/C22H34N8OS/c1-9-17-25-20(23-10-11-30(7)8)28-21(26-17)29-22-24-12-16(32-22)19(31)27-18(14(4)5)15(6)13(2)3/h12-13H,4,9-11H2,1-3,5-8H3,(H,27,31)(H2,23,24,25,26,28,29). The van der Waals surface area contributed by atoms with E-state index in [0.29, 0.717) is 40.1 Å². The normalized spacial score (nSPS) is 12.0. The highest BCUT2D eigenvalue weighted by molar-refractivity contribution is 7.17. The van der Waals surface area contributed by atoms with Crippen LogP contribution in [0.4, 0.5) is 17.0 Å². The van der Waals surface area contributed by atoms with E-state index in [1.165, 1.54) is 11.3 Å². The van der Waals surface area contributed by atoms with Crippen molar-refractivity contribution < 1.29 is 4.79 Å². The van der Waals surface area contributed by atoms with Gasteiger partial charge in [0.25, 0.3) is 5.91 Å². The van der Waals surface area contributed by atoms with Crippen molar-refractivity contribution in [3.8, 4) is 0 Å². The van der Waals surface area contributed by atoms with Crippen LogP contribution in [0.25, 0.3) is 0 Å². The number of hydrogen-bond donors (Lipinski definition) is 3. The number of amides is 1. The highest BCUT2D eigenvalue weighted by Gasteiger charge is 2.16. The van der Waals surface area contributed by atoms with Crippen LogP contribution in [0.5, 0.6) is 0 Å². The lowest BCUT2D eigenvalue weighted by atomic mass is 10.00. The van der Waals surface area contributed by atoms with Crippen LogP contribution in [-0.2, 0) is 6.42 Å². The summed E-state index contributed by atoms with van der Waals surface area (Å²) in [4.78, 5) is 32.9. The SMILES string of the molecule is C=C(C)C(NC(=O)c1cnc(Nc2nc(CC)nc(NCCN(C)C)n2)s1)=C(C)C(C)C. The second kappa shape index (κ2) is 11.7. The van der Waals surface area contributed by atoms with Crippen molar-refractivity contribution in [2.75, 3.05) is 37.8 Å². The third-order valence-electron chi connectivity index (χ3n) is 4.71. The molecule has 0 saturated carbocycles. The summed E-state index contributed by atoms with van der Waals surface area (Å²) < 4.78 is 0. The Morgan fingerprint density at radius 1 is 1.19 bits per heavy atom. The molecule has 9 nitrogen and oxygen atoms in total. The molecule has 0 aromatic carbocycles. The zero-order valence-corrected chi connectivity index (χ0v) is 20.9. The van der Waals surface area contributed by atoms with Crippen LogP contribution < -0.4 is 16.0 Å². The molecule has 0 bridgehead atoms. The number of nitrogens with one attached hydrogen (secondary N) is 3. The summed E-state index contributed by atoms with van der Waals surface area (Å²) in [5.41, 5.74) is 2.67. The molecule has 0 saturated heterocycles. The first-order valence-corrected chi connectivity index (χ1v) is 11.5. The van der Waals surface area contributed by atoms with E-state index in [1.807, 2.05) is 34.9 Å². The number of rotatable bonds is 11. The first-order chi connectivity index (χ1) is 15.1. The molecule has 2 aromatic rings. The van der Waals surface area contributed by atoms with Gasteiger partial charge >= 0.3 is 0 Å². The molecule has 32 heavy (non-hydrogen) atoms. The lowest BCUT2D eigenvalue weighted by Crippen LogP contribution is -2.24. The molecule has 1 amide bonds. The molecule has 0 spiro atoms. The maximum atomic E-state index is 12.8. The van der Waals surface area contributed by atoms with Crippen molar-refractivity contribution >= 4 is 34.3 Å². The number of allylic oxidation sites excluding steroid dienone is 2. The molecule has 0 aliphatic heterocycles. The predicted octanol–water partition coefficient (Wildman–Crippen LogP) is 3.84. The molecule has 0 aliphatic carbocycles. The smallest absolute Gasteiger partial charge is 0.267 e. The fourth-order valence-corrected chi connectivity index (χ4v) is 3.35. The van der Waals surface area contributed by atoms with Crippen LogP contribution in [-0.4, -0.2) is 57.9 Å². The number of carbonyl (C=O) groups is 1. The van der Waals surface area contributed by atoms with Gasteiger partial charge in [0, 0.05) is 25.2 Å². The van der Waals surface area contributed by atoms with Gasteiger partial charge in [-0.05, 0) is 45.0 Å². The number of aryl methyl sites for hydroxylation is 1. The molecule has 0 fully saturated rings. The lowest BCUT2D eigenvalue weighted by Gasteiger charge is -2.15. The van der Waals surface area contributed by atoms with Crippen LogP contribution in [0.3, 0.4) is 0 Å². The quantitative estimate of drug-likeness (QED) is 0.436. The number of nitrogens with zero attached hydrogens (tertiary/aromatic N) is 5. The van der Waals surface area contributed by atoms with E-state index >= 15 is 0 Å². The molecule has 174 valence electrons. The fourth-order valence-electron chi connectivity index (χ4n) is 2.64. The van der Waals surface area contributed by atoms with Gasteiger partial charge in [-0.25, -0.2) is 4.98 Å². The Bertz CT molecular complexity index is 980. The summed E-state index contributed by atoms with van der Waals surface area (Å²) >= 11 is 1.24. The molecule has 3 N–H and O–H groups in total. The molecule has 2 aromatic heterocycles. The number of carbonyl (C=O) groups excluding carboxylic acids is 1. The van der Waals surface area contributed by atoms with E-state index in [4.69, 9.17) is 0 Å². The third kappa shape index (κ3) is 7.38. The molecule has 0 radical (unpaired) electrons. The number of aromatic nitrogens is 4. The number of likely N-dealkylation sites (N-methyl/N-ethyl adjacent to an activating group) is 1. The average molecular weight is 459 g/mol. The Morgan fingerprint density at radius 3 is 2.47 bits per heavy atom. The van der Waals surface area contributed by atoms with Crippen LogP contribution >= 0.6 is 11.3 Å². The lowest BCUT2D eigenvalue weighted by molar-refractivity contribution is 0.0969. The maximum Gasteiger partial charge on any atom is 0.267 e. The predicted molar refractivity (Wildman–Crippen MR) is 131 cm³/mol. The highest BCUT2D eigenvalue weighted by Crippen LogP contribution is 2.23. The van der Waals surface area contributed by atoms with Gasteiger partial charge < -0.3 is 15.5 Å². The first kappa shape index (κ1) is 25.4. The number of hydrogen-bond acceptors (Lipinski definition) is 9. The summed E-state index contributed by atoms with van der Waals surface area (Å²) in [6.45, 7) is 15.6. The zero-order valence-electron chi connectivity index (χ0n) is 20.0. The largest absolute Gasteiger partial charge is 0.353 e. The van der Waals surface area contributed by atoms with Crippen LogP contribution in [0.1, 0.15) is 50.1 Å². The Morgan fingerprint density at radius 2 is 1.88 bits per heavy atom. The monoisotopic (exact) mass is 458 g/mol. The van der Waals surface area contributed by atoms with Crippen LogP contribution in [0.15, 0.2) is 29.6 Å². The Kier molecular flexibility index (Phi) is 9.27. The van der Waals surface area contributed by atoms with Crippen molar-refractivity contribution in [3.63, 3.8) is 0 Å². The van der Waals surface area contributed by atoms with Crippen molar-refractivity contribution in [2.45, 2.75) is 41.0 Å². The second-order valence-electron chi connectivity index (χ2n) is 8.08. The number of anilines is 3. The number of thiazole rings is 1. The Labute approximate surface area is 194 Å². The molecule has 0 atom stereocenters. The average Bonchev–Trinajstić information content (AvgIpc) is 3.19. The van der Waals surface area contributed by atoms with Gasteiger partial charge in [0.1, 0.15) is 10.7 Å². The first-order valence-electron chi connectivity index (χ1n) is 10.6. The van der Waals surface area contributed by atoms with E-state index in [-0.39, 0.29) is 5.91 Å². The molecule has 2 rings (SSSR count). The van der Waals surface area contributed by atoms with E-state index in [0.717, 1.165) is 29.9 Å². The van der Waals surface area contributed by atoms with Crippen LogP contribution in [0, 0.1) is 5.92 Å². The molecular weight excluding hydrogens is 424 g/mol. The van der Waals surface area contributed by atoms with Gasteiger partial charge in [-0.1, -0.05) is 38.7 Å². The Hall–Kier alpha value is -2.85. The minimum atomic E-state index is -0.218. The summed E-state index contributed by atoms with van der Waals surface area (Å²) in [6.07, 6.45) is 2.22. The van der Waals surface area contributed by atoms with E-state index in [1.54, 1.807) is 6.20 Å². The second-order valence-corrected chi connectivity index (χ2v) is 9.11. The summed E-state index contributed by atoms with van der Waals surface area (Å²) in [6, 6.07) is 0. The van der Waals surface area contributed by atoms with E-state index in [2.05, 4.69) is 61.2 Å². The molecule has 0 aliphatic rings. The minimum Gasteiger partial charge on any atom is -0.353 e. The van der Waals surface area contributed by atoms with Gasteiger partial charge in [0.15, 0.2) is 5.13 Å². The topological polar surface area (TPSA) is 108 Å². The summed E-state index contributed by atoms with van der Waals surface area (Å²) in [5.74, 6) is 1.66. The van der Waals surface area contributed by atoms with Gasteiger partial charge in [-0.2, -0.15) is 15.0 Å².